The van der Waals surface area contributed by atoms with E-state index in [-0.39, 0.29) is 18.7 Å². The molecular formula is C19H15N5O3. The van der Waals surface area contributed by atoms with E-state index in [1.807, 2.05) is 0 Å². The van der Waals surface area contributed by atoms with Crippen LogP contribution >= 0.6 is 0 Å². The molecule has 134 valence electrons. The average molecular weight is 361 g/mol. The molecule has 0 aliphatic rings. The van der Waals surface area contributed by atoms with Gasteiger partial charge in [0.25, 0.3) is 5.91 Å². The van der Waals surface area contributed by atoms with Crippen molar-refractivity contribution < 1.29 is 14.4 Å². The van der Waals surface area contributed by atoms with Gasteiger partial charge in [-0.2, -0.15) is 10.5 Å². The molecule has 27 heavy (non-hydrogen) atoms. The van der Waals surface area contributed by atoms with Crippen LogP contribution in [0.5, 0.6) is 0 Å². The summed E-state index contributed by atoms with van der Waals surface area (Å²) in [5.41, 5.74) is 1.93. The molecule has 0 aliphatic heterocycles. The van der Waals surface area contributed by atoms with Gasteiger partial charge in [0.15, 0.2) is 0 Å². The summed E-state index contributed by atoms with van der Waals surface area (Å²) in [5.74, 6) is -1.17. The van der Waals surface area contributed by atoms with Crippen LogP contribution in [0.15, 0.2) is 48.5 Å². The first-order valence-electron chi connectivity index (χ1n) is 7.87. The van der Waals surface area contributed by atoms with Crippen LogP contribution in [0, 0.1) is 22.7 Å². The van der Waals surface area contributed by atoms with Crippen LogP contribution in [0.2, 0.25) is 0 Å². The highest BCUT2D eigenvalue weighted by Gasteiger charge is 2.08. The second kappa shape index (κ2) is 9.35. The van der Waals surface area contributed by atoms with Gasteiger partial charge < -0.3 is 16.0 Å². The fraction of sp³-hybridized carbons (Fsp3) is 0.105. The Morgan fingerprint density at radius 3 is 1.44 bits per heavy atom. The molecule has 0 aromatic heterocycles. The first-order valence-corrected chi connectivity index (χ1v) is 7.87. The predicted octanol–water partition coefficient (Wildman–Crippen LogP) is 2.64. The van der Waals surface area contributed by atoms with Gasteiger partial charge in [-0.05, 0) is 48.5 Å². The number of hydrogen-bond donors (Lipinski definition) is 3. The van der Waals surface area contributed by atoms with E-state index in [9.17, 15) is 14.4 Å². The SMILES string of the molecule is N#CCC(=O)Nc1ccc(NC(=O)c2ccc(NC(=O)CC#N)cc2)cc1. The number of benzene rings is 2. The van der Waals surface area contributed by atoms with E-state index in [0.717, 1.165) is 0 Å². The van der Waals surface area contributed by atoms with Crippen LogP contribution in [0.1, 0.15) is 23.2 Å². The van der Waals surface area contributed by atoms with E-state index in [2.05, 4.69) is 16.0 Å². The van der Waals surface area contributed by atoms with E-state index in [1.165, 1.54) is 0 Å². The standard InChI is InChI=1S/C19H15N5O3/c20-11-9-17(25)22-14-3-1-13(2-4-14)19(27)24-16-7-5-15(6-8-16)23-18(26)10-12-21/h1-8H,9-10H2,(H,22,25)(H,23,26)(H,24,27). The van der Waals surface area contributed by atoms with Gasteiger partial charge in [-0.3, -0.25) is 14.4 Å². The summed E-state index contributed by atoms with van der Waals surface area (Å²) < 4.78 is 0. The fourth-order valence-electron chi connectivity index (χ4n) is 2.10. The van der Waals surface area contributed by atoms with Crippen molar-refractivity contribution in [3.05, 3.63) is 54.1 Å². The lowest BCUT2D eigenvalue weighted by atomic mass is 10.2. The second-order valence-corrected chi connectivity index (χ2v) is 5.37. The predicted molar refractivity (Wildman–Crippen MR) is 98.6 cm³/mol. The number of amides is 3. The molecule has 0 saturated carbocycles. The molecule has 3 N–H and O–H groups in total. The minimum absolute atomic E-state index is 0.231. The van der Waals surface area contributed by atoms with E-state index in [0.29, 0.717) is 22.6 Å². The monoisotopic (exact) mass is 361 g/mol. The summed E-state index contributed by atoms with van der Waals surface area (Å²) in [7, 11) is 0. The third-order valence-corrected chi connectivity index (χ3v) is 3.34. The summed E-state index contributed by atoms with van der Waals surface area (Å²) >= 11 is 0. The summed E-state index contributed by atoms with van der Waals surface area (Å²) in [6.45, 7) is 0. The first-order chi connectivity index (χ1) is 13.0. The highest BCUT2D eigenvalue weighted by atomic mass is 16.2. The maximum Gasteiger partial charge on any atom is 0.255 e. The van der Waals surface area contributed by atoms with Gasteiger partial charge in [0.1, 0.15) is 12.8 Å². The molecule has 2 aromatic carbocycles. The zero-order chi connectivity index (χ0) is 19.6. The maximum absolute atomic E-state index is 12.3. The molecule has 8 heteroatoms. The average Bonchev–Trinajstić information content (AvgIpc) is 2.64. The highest BCUT2D eigenvalue weighted by molar-refractivity contribution is 6.05. The van der Waals surface area contributed by atoms with Crippen LogP contribution in [-0.2, 0) is 9.59 Å². The van der Waals surface area contributed by atoms with E-state index < -0.39 is 11.8 Å². The minimum Gasteiger partial charge on any atom is -0.325 e. The van der Waals surface area contributed by atoms with Crippen molar-refractivity contribution in [1.82, 2.24) is 0 Å². The van der Waals surface area contributed by atoms with Gasteiger partial charge in [-0.1, -0.05) is 0 Å². The lowest BCUT2D eigenvalue weighted by molar-refractivity contribution is -0.116. The summed E-state index contributed by atoms with van der Waals surface area (Å²) in [6.07, 6.45) is -0.472. The third-order valence-electron chi connectivity index (χ3n) is 3.34. The van der Waals surface area contributed by atoms with E-state index >= 15 is 0 Å². The molecule has 0 radical (unpaired) electrons. The van der Waals surface area contributed by atoms with Crippen LogP contribution in [0.3, 0.4) is 0 Å². The Morgan fingerprint density at radius 2 is 1.04 bits per heavy atom. The Hall–Kier alpha value is -4.17. The van der Waals surface area contributed by atoms with Crippen molar-refractivity contribution in [2.45, 2.75) is 12.8 Å². The van der Waals surface area contributed by atoms with Gasteiger partial charge in [-0.15, -0.1) is 0 Å². The molecule has 0 heterocycles. The normalized spacial score (nSPS) is 9.41. The largest absolute Gasteiger partial charge is 0.325 e. The Balaban J connectivity index is 1.95. The summed E-state index contributed by atoms with van der Waals surface area (Å²) in [4.78, 5) is 34.9. The van der Waals surface area contributed by atoms with Crippen LogP contribution in [0.4, 0.5) is 17.1 Å². The molecular weight excluding hydrogens is 346 g/mol. The van der Waals surface area contributed by atoms with E-state index in [1.54, 1.807) is 60.7 Å². The number of nitrogens with one attached hydrogen (secondary N) is 3. The van der Waals surface area contributed by atoms with Crippen LogP contribution in [-0.4, -0.2) is 17.7 Å². The molecule has 0 bridgehead atoms. The number of hydrogen-bond acceptors (Lipinski definition) is 5. The van der Waals surface area contributed by atoms with Gasteiger partial charge in [0.2, 0.25) is 11.8 Å². The zero-order valence-corrected chi connectivity index (χ0v) is 14.2. The van der Waals surface area contributed by atoms with Crippen LogP contribution in [0.25, 0.3) is 0 Å². The fourth-order valence-corrected chi connectivity index (χ4v) is 2.10. The number of nitriles is 2. The molecule has 8 nitrogen and oxygen atoms in total. The molecule has 0 fully saturated rings. The molecule has 2 aromatic rings. The van der Waals surface area contributed by atoms with Gasteiger partial charge in [-0.25, -0.2) is 0 Å². The maximum atomic E-state index is 12.3. The Kier molecular flexibility index (Phi) is 6.63. The molecule has 0 aliphatic carbocycles. The topological polar surface area (TPSA) is 135 Å². The quantitative estimate of drug-likeness (QED) is 0.727. The molecule has 0 saturated heterocycles. The molecule has 3 amide bonds. The Labute approximate surface area is 155 Å². The number of carbonyl (C=O) groups is 3. The number of anilines is 3. The van der Waals surface area contributed by atoms with Crippen LogP contribution < -0.4 is 16.0 Å². The number of rotatable bonds is 6. The first kappa shape index (κ1) is 19.2. The highest BCUT2D eigenvalue weighted by Crippen LogP contribution is 2.16. The lowest BCUT2D eigenvalue weighted by Crippen LogP contribution is -2.13. The van der Waals surface area contributed by atoms with Crippen molar-refractivity contribution >= 4 is 34.8 Å². The molecule has 2 rings (SSSR count). The Morgan fingerprint density at radius 1 is 0.667 bits per heavy atom. The number of carbonyl (C=O) groups excluding carboxylic acids is 3. The van der Waals surface area contributed by atoms with Gasteiger partial charge in [0.05, 0.1) is 12.1 Å². The number of nitrogens with zero attached hydrogens (tertiary/aromatic N) is 2. The third kappa shape index (κ3) is 6.00. The van der Waals surface area contributed by atoms with Gasteiger partial charge >= 0.3 is 0 Å². The summed E-state index contributed by atoms with van der Waals surface area (Å²) in [5, 5.41) is 24.7. The smallest absolute Gasteiger partial charge is 0.255 e. The lowest BCUT2D eigenvalue weighted by Gasteiger charge is -2.08. The Bertz CT molecular complexity index is 922. The zero-order valence-electron chi connectivity index (χ0n) is 14.2. The van der Waals surface area contributed by atoms with Crippen molar-refractivity contribution in [3.8, 4) is 12.1 Å². The van der Waals surface area contributed by atoms with E-state index in [4.69, 9.17) is 10.5 Å². The molecule has 0 spiro atoms. The summed E-state index contributed by atoms with van der Waals surface area (Å²) in [6, 6.07) is 16.2. The van der Waals surface area contributed by atoms with Crippen molar-refractivity contribution in [3.63, 3.8) is 0 Å². The van der Waals surface area contributed by atoms with Crippen molar-refractivity contribution in [2.75, 3.05) is 16.0 Å². The second-order valence-electron chi connectivity index (χ2n) is 5.37. The van der Waals surface area contributed by atoms with Crippen molar-refractivity contribution in [2.24, 2.45) is 0 Å². The molecule has 0 atom stereocenters. The van der Waals surface area contributed by atoms with Gasteiger partial charge in [0, 0.05) is 22.6 Å². The van der Waals surface area contributed by atoms with Crippen molar-refractivity contribution in [1.29, 1.82) is 10.5 Å². The minimum atomic E-state index is -0.420. The molecule has 0 unspecified atom stereocenters.